The maximum atomic E-state index is 11.5. The Bertz CT molecular complexity index is 577. The summed E-state index contributed by atoms with van der Waals surface area (Å²) in [6, 6.07) is 4.18. The third-order valence-electron chi connectivity index (χ3n) is 2.68. The number of anilines is 1. The predicted octanol–water partition coefficient (Wildman–Crippen LogP) is 2.83. The zero-order chi connectivity index (χ0) is 13.2. The molecule has 4 nitrogen and oxygen atoms in total. The van der Waals surface area contributed by atoms with E-state index < -0.39 is 0 Å². The van der Waals surface area contributed by atoms with Crippen molar-refractivity contribution in [3.05, 3.63) is 42.6 Å². The van der Waals surface area contributed by atoms with Crippen LogP contribution in [0, 0.1) is 3.57 Å². The summed E-state index contributed by atoms with van der Waals surface area (Å²) in [5.41, 5.74) is -0.0938. The summed E-state index contributed by atoms with van der Waals surface area (Å²) in [5.74, 6) is 0.643. The molecule has 2 N–H and O–H groups in total. The molecule has 0 saturated carbocycles. The number of H-pyrrole nitrogens is 1. The smallest absolute Gasteiger partial charge is 0.266 e. The molecule has 96 valence electrons. The minimum atomic E-state index is -0.109. The van der Waals surface area contributed by atoms with E-state index in [2.05, 4.69) is 46.6 Å². The van der Waals surface area contributed by atoms with E-state index in [9.17, 15) is 4.79 Å². The van der Waals surface area contributed by atoms with Crippen molar-refractivity contribution >= 4 is 39.7 Å². The van der Waals surface area contributed by atoms with E-state index in [4.69, 9.17) is 0 Å². The highest BCUT2D eigenvalue weighted by Gasteiger charge is 2.22. The van der Waals surface area contributed by atoms with Crippen LogP contribution in [0.25, 0.3) is 0 Å². The van der Waals surface area contributed by atoms with Gasteiger partial charge in [-0.2, -0.15) is 0 Å². The largest absolute Gasteiger partial charge is 0.368 e. The van der Waals surface area contributed by atoms with Crippen molar-refractivity contribution in [1.29, 1.82) is 0 Å². The van der Waals surface area contributed by atoms with Crippen LogP contribution < -0.4 is 10.9 Å². The summed E-state index contributed by atoms with van der Waals surface area (Å²) in [6.45, 7) is 5.08. The molecule has 0 radical (unpaired) electrons. The Kier molecular flexibility index (Phi) is 4.06. The van der Waals surface area contributed by atoms with E-state index in [0.717, 1.165) is 6.54 Å². The first-order chi connectivity index (χ1) is 8.50. The van der Waals surface area contributed by atoms with Gasteiger partial charge in [-0.15, -0.1) is 11.3 Å². The second-order valence-corrected chi connectivity index (χ2v) is 6.64. The molecule has 0 amide bonds. The van der Waals surface area contributed by atoms with Crippen LogP contribution in [-0.2, 0) is 5.41 Å². The van der Waals surface area contributed by atoms with Crippen LogP contribution in [0.15, 0.2) is 28.6 Å². The maximum Gasteiger partial charge on any atom is 0.266 e. The molecule has 0 aliphatic rings. The predicted molar refractivity (Wildman–Crippen MR) is 83.4 cm³/mol. The maximum absolute atomic E-state index is 11.5. The highest BCUT2D eigenvalue weighted by molar-refractivity contribution is 14.1. The van der Waals surface area contributed by atoms with Crippen molar-refractivity contribution in [2.45, 2.75) is 19.3 Å². The topological polar surface area (TPSA) is 57.8 Å². The van der Waals surface area contributed by atoms with E-state index >= 15 is 0 Å². The molecule has 0 aliphatic carbocycles. The summed E-state index contributed by atoms with van der Waals surface area (Å²) < 4.78 is 0.595. The molecule has 2 aromatic heterocycles. The van der Waals surface area contributed by atoms with Crippen LogP contribution in [-0.4, -0.2) is 16.5 Å². The average molecular weight is 375 g/mol. The number of halogens is 1. The van der Waals surface area contributed by atoms with E-state index in [0.29, 0.717) is 9.39 Å². The number of hydrogen-bond donors (Lipinski definition) is 2. The number of thiophene rings is 1. The first kappa shape index (κ1) is 13.5. The Balaban J connectivity index is 2.12. The van der Waals surface area contributed by atoms with Crippen molar-refractivity contribution in [1.82, 2.24) is 9.97 Å². The lowest BCUT2D eigenvalue weighted by Crippen LogP contribution is -2.28. The Morgan fingerprint density at radius 2 is 2.33 bits per heavy atom. The van der Waals surface area contributed by atoms with Gasteiger partial charge in [0.25, 0.3) is 5.56 Å². The lowest BCUT2D eigenvalue weighted by molar-refractivity contribution is 0.568. The van der Waals surface area contributed by atoms with Crippen molar-refractivity contribution in [2.24, 2.45) is 0 Å². The van der Waals surface area contributed by atoms with Gasteiger partial charge >= 0.3 is 0 Å². The number of hydrogen-bond acceptors (Lipinski definition) is 4. The number of nitrogens with zero attached hydrogens (tertiary/aromatic N) is 1. The van der Waals surface area contributed by atoms with Gasteiger partial charge in [0.2, 0.25) is 0 Å². The molecule has 2 rings (SSSR count). The van der Waals surface area contributed by atoms with Gasteiger partial charge in [-0.25, -0.2) is 4.98 Å². The molecule has 0 fully saturated rings. The van der Waals surface area contributed by atoms with E-state index in [1.807, 2.05) is 22.6 Å². The minimum absolute atomic E-state index is 0.0154. The van der Waals surface area contributed by atoms with Gasteiger partial charge in [0.15, 0.2) is 0 Å². The Morgan fingerprint density at radius 1 is 1.56 bits per heavy atom. The minimum Gasteiger partial charge on any atom is -0.368 e. The van der Waals surface area contributed by atoms with Crippen molar-refractivity contribution in [3.63, 3.8) is 0 Å². The Labute approximate surface area is 123 Å². The van der Waals surface area contributed by atoms with Crippen molar-refractivity contribution in [2.75, 3.05) is 11.9 Å². The molecule has 0 unspecified atom stereocenters. The fourth-order valence-corrected chi connectivity index (χ4v) is 2.90. The van der Waals surface area contributed by atoms with Crippen LogP contribution in [0.2, 0.25) is 0 Å². The van der Waals surface area contributed by atoms with Gasteiger partial charge in [-0.1, -0.05) is 19.9 Å². The molecule has 2 aromatic rings. The van der Waals surface area contributed by atoms with Crippen molar-refractivity contribution in [3.8, 4) is 0 Å². The molecule has 2 heterocycles. The SMILES string of the molecule is CC(C)(CNc1nc[nH]c(=O)c1I)c1cccs1. The lowest BCUT2D eigenvalue weighted by Gasteiger charge is -2.24. The second kappa shape index (κ2) is 5.40. The number of aromatic amines is 1. The van der Waals surface area contributed by atoms with Gasteiger partial charge in [0, 0.05) is 16.8 Å². The standard InChI is InChI=1S/C12H14IN3OS/c1-12(2,8-4-3-5-18-8)6-14-10-9(13)11(17)16-7-15-10/h3-5,7H,6H2,1-2H3,(H2,14,15,16,17). The molecular weight excluding hydrogens is 361 g/mol. The quantitative estimate of drug-likeness (QED) is 0.809. The first-order valence-corrected chi connectivity index (χ1v) is 7.47. The molecule has 0 aromatic carbocycles. The van der Waals surface area contributed by atoms with Gasteiger partial charge in [0.1, 0.15) is 9.39 Å². The fourth-order valence-electron chi connectivity index (χ4n) is 1.56. The van der Waals surface area contributed by atoms with Gasteiger partial charge in [0.05, 0.1) is 6.33 Å². The summed E-state index contributed by atoms with van der Waals surface area (Å²) in [4.78, 5) is 19.5. The monoisotopic (exact) mass is 375 g/mol. The highest BCUT2D eigenvalue weighted by atomic mass is 127. The molecule has 0 saturated heterocycles. The highest BCUT2D eigenvalue weighted by Crippen LogP contribution is 2.27. The summed E-state index contributed by atoms with van der Waals surface area (Å²) in [6.07, 6.45) is 1.42. The molecule has 0 bridgehead atoms. The molecule has 0 atom stereocenters. The van der Waals surface area contributed by atoms with Crippen LogP contribution in [0.3, 0.4) is 0 Å². The van der Waals surface area contributed by atoms with E-state index in [-0.39, 0.29) is 11.0 Å². The molecule has 0 aliphatic heterocycles. The third-order valence-corrected chi connectivity index (χ3v) is 4.92. The number of rotatable bonds is 4. The van der Waals surface area contributed by atoms with Crippen molar-refractivity contribution < 1.29 is 0 Å². The zero-order valence-corrected chi connectivity index (χ0v) is 13.1. The normalized spacial score (nSPS) is 11.5. The zero-order valence-electron chi connectivity index (χ0n) is 10.2. The second-order valence-electron chi connectivity index (χ2n) is 4.61. The van der Waals surface area contributed by atoms with E-state index in [1.54, 1.807) is 11.3 Å². The van der Waals surface area contributed by atoms with Crippen LogP contribution in [0.1, 0.15) is 18.7 Å². The lowest BCUT2D eigenvalue weighted by atomic mass is 9.91. The fraction of sp³-hybridized carbons (Fsp3) is 0.333. The molecular formula is C12H14IN3OS. The summed E-state index contributed by atoms with van der Waals surface area (Å²) in [7, 11) is 0. The Morgan fingerprint density at radius 3 is 3.00 bits per heavy atom. The summed E-state index contributed by atoms with van der Waals surface area (Å²) in [5, 5.41) is 5.33. The third kappa shape index (κ3) is 2.92. The van der Waals surface area contributed by atoms with Crippen LogP contribution >= 0.6 is 33.9 Å². The average Bonchev–Trinajstić information content (AvgIpc) is 2.85. The number of nitrogens with one attached hydrogen (secondary N) is 2. The van der Waals surface area contributed by atoms with Gasteiger partial charge in [-0.3, -0.25) is 4.79 Å². The van der Waals surface area contributed by atoms with E-state index in [1.165, 1.54) is 11.2 Å². The summed E-state index contributed by atoms with van der Waals surface area (Å²) >= 11 is 3.75. The Hall–Kier alpha value is -0.890. The van der Waals surface area contributed by atoms with Gasteiger partial charge in [-0.05, 0) is 34.0 Å². The molecule has 18 heavy (non-hydrogen) atoms. The van der Waals surface area contributed by atoms with Crippen LogP contribution in [0.4, 0.5) is 5.82 Å². The van der Waals surface area contributed by atoms with Crippen LogP contribution in [0.5, 0.6) is 0 Å². The number of aromatic nitrogens is 2. The molecule has 6 heteroatoms. The first-order valence-electron chi connectivity index (χ1n) is 5.52. The van der Waals surface area contributed by atoms with Gasteiger partial charge < -0.3 is 10.3 Å². The molecule has 0 spiro atoms.